The van der Waals surface area contributed by atoms with E-state index in [9.17, 15) is 0 Å². The van der Waals surface area contributed by atoms with E-state index in [4.69, 9.17) is 0 Å². The first-order valence-electron chi connectivity index (χ1n) is 7.67. The van der Waals surface area contributed by atoms with Crippen molar-refractivity contribution in [1.29, 1.82) is 0 Å². The van der Waals surface area contributed by atoms with Crippen molar-refractivity contribution >= 4 is 16.9 Å². The zero-order valence-electron chi connectivity index (χ0n) is 12.4. The van der Waals surface area contributed by atoms with Gasteiger partial charge in [-0.25, -0.2) is 0 Å². The number of aliphatic imine (C=N–C) groups is 1. The van der Waals surface area contributed by atoms with Gasteiger partial charge in [0.05, 0.1) is 6.54 Å². The highest BCUT2D eigenvalue weighted by Crippen LogP contribution is 2.25. The Hall–Kier alpha value is -0.180. The number of hydrogen-bond acceptors (Lipinski definition) is 3. The zero-order chi connectivity index (χ0) is 13.2. The predicted octanol–water partition coefficient (Wildman–Crippen LogP) is 4.45. The molecule has 0 aromatic carbocycles. The van der Waals surface area contributed by atoms with E-state index in [1.807, 2.05) is 11.8 Å². The monoisotopic (exact) mass is 270 g/mol. The molecule has 0 spiro atoms. The molecule has 0 saturated heterocycles. The lowest BCUT2D eigenvalue weighted by atomic mass is 10.1. The highest BCUT2D eigenvalue weighted by molar-refractivity contribution is 8.14. The van der Waals surface area contributed by atoms with Crippen LogP contribution >= 0.6 is 11.8 Å². The summed E-state index contributed by atoms with van der Waals surface area (Å²) in [5, 5.41) is 5.40. The van der Waals surface area contributed by atoms with E-state index in [-0.39, 0.29) is 0 Å². The Kier molecular flexibility index (Phi) is 8.57. The van der Waals surface area contributed by atoms with Gasteiger partial charge in [-0.05, 0) is 18.8 Å². The quantitative estimate of drug-likeness (QED) is 0.626. The largest absolute Gasteiger partial charge is 0.365 e. The first-order valence-corrected chi connectivity index (χ1v) is 8.55. The van der Waals surface area contributed by atoms with Crippen molar-refractivity contribution in [2.45, 2.75) is 71.0 Å². The number of thioether (sulfide) groups is 1. The predicted molar refractivity (Wildman–Crippen MR) is 84.5 cm³/mol. The van der Waals surface area contributed by atoms with Crippen molar-refractivity contribution in [1.82, 2.24) is 5.32 Å². The van der Waals surface area contributed by atoms with Crippen LogP contribution in [0.25, 0.3) is 0 Å². The molecule has 0 aromatic rings. The molecule has 1 aliphatic rings. The maximum Gasteiger partial charge on any atom is 0.156 e. The normalized spacial score (nSPS) is 19.3. The number of unbranched alkanes of at least 4 members (excludes halogenated alkanes) is 5. The van der Waals surface area contributed by atoms with Crippen LogP contribution < -0.4 is 5.32 Å². The van der Waals surface area contributed by atoms with Gasteiger partial charge in [-0.2, -0.15) is 0 Å². The van der Waals surface area contributed by atoms with Crippen molar-refractivity contribution in [3.8, 4) is 0 Å². The molecular weight excluding hydrogens is 240 g/mol. The van der Waals surface area contributed by atoms with Crippen LogP contribution in [0.2, 0.25) is 0 Å². The summed E-state index contributed by atoms with van der Waals surface area (Å²) in [6.07, 6.45) is 9.47. The minimum atomic E-state index is 0.719. The molecule has 18 heavy (non-hydrogen) atoms. The fourth-order valence-electron chi connectivity index (χ4n) is 2.26. The number of hydrogen-bond donors (Lipinski definition) is 1. The molecule has 0 saturated carbocycles. The Morgan fingerprint density at radius 3 is 2.67 bits per heavy atom. The summed E-state index contributed by atoms with van der Waals surface area (Å²) in [4.78, 5) is 4.59. The van der Waals surface area contributed by atoms with Crippen molar-refractivity contribution in [3.63, 3.8) is 0 Å². The minimum Gasteiger partial charge on any atom is -0.365 e. The van der Waals surface area contributed by atoms with Gasteiger partial charge in [-0.3, -0.25) is 4.99 Å². The van der Waals surface area contributed by atoms with Gasteiger partial charge in [0, 0.05) is 11.8 Å². The minimum absolute atomic E-state index is 0.719. The van der Waals surface area contributed by atoms with Crippen molar-refractivity contribution in [3.05, 3.63) is 0 Å². The Labute approximate surface area is 117 Å². The van der Waals surface area contributed by atoms with Gasteiger partial charge in [0.1, 0.15) is 0 Å². The lowest BCUT2D eigenvalue weighted by molar-refractivity contribution is 0.575. The molecular formula is C15H30N2S. The zero-order valence-corrected chi connectivity index (χ0v) is 13.2. The van der Waals surface area contributed by atoms with Gasteiger partial charge in [-0.1, -0.05) is 64.6 Å². The Morgan fingerprint density at radius 1 is 1.22 bits per heavy atom. The lowest BCUT2D eigenvalue weighted by Gasteiger charge is -2.11. The van der Waals surface area contributed by atoms with Crippen LogP contribution in [0.5, 0.6) is 0 Å². The second-order valence-electron chi connectivity index (χ2n) is 5.71. The average molecular weight is 270 g/mol. The third-order valence-electron chi connectivity index (χ3n) is 3.26. The molecule has 1 heterocycles. The topological polar surface area (TPSA) is 24.4 Å². The highest BCUT2D eigenvalue weighted by atomic mass is 32.2. The maximum atomic E-state index is 4.59. The SMILES string of the molecule is CCCCCCCCNC1=NCC(CC(C)C)S1. The summed E-state index contributed by atoms with van der Waals surface area (Å²) >= 11 is 1.95. The van der Waals surface area contributed by atoms with Crippen molar-refractivity contribution < 1.29 is 0 Å². The van der Waals surface area contributed by atoms with Crippen LogP contribution in [0, 0.1) is 5.92 Å². The van der Waals surface area contributed by atoms with Gasteiger partial charge < -0.3 is 5.32 Å². The van der Waals surface area contributed by atoms with Gasteiger partial charge in [0.2, 0.25) is 0 Å². The molecule has 0 bridgehead atoms. The van der Waals surface area contributed by atoms with E-state index in [1.54, 1.807) is 0 Å². The third kappa shape index (κ3) is 7.30. The average Bonchev–Trinajstić information content (AvgIpc) is 2.75. The van der Waals surface area contributed by atoms with Crippen LogP contribution in [-0.4, -0.2) is 23.5 Å². The van der Waals surface area contributed by atoms with Crippen LogP contribution in [-0.2, 0) is 0 Å². The first-order chi connectivity index (χ1) is 8.72. The standard InChI is InChI=1S/C15H30N2S/c1-4-5-6-7-8-9-10-16-15-17-12-14(18-15)11-13(2)3/h13-14H,4-12H2,1-3H3,(H,16,17). The summed E-state index contributed by atoms with van der Waals surface area (Å²) in [5.74, 6) is 0.788. The Bertz CT molecular complexity index is 239. The summed E-state index contributed by atoms with van der Waals surface area (Å²) < 4.78 is 0. The number of amidine groups is 1. The fraction of sp³-hybridized carbons (Fsp3) is 0.933. The molecule has 1 rings (SSSR count). The van der Waals surface area contributed by atoms with Gasteiger partial charge in [-0.15, -0.1) is 0 Å². The van der Waals surface area contributed by atoms with E-state index in [0.29, 0.717) is 0 Å². The lowest BCUT2D eigenvalue weighted by Crippen LogP contribution is -2.20. The molecule has 0 radical (unpaired) electrons. The smallest absolute Gasteiger partial charge is 0.156 e. The van der Waals surface area contributed by atoms with E-state index >= 15 is 0 Å². The summed E-state index contributed by atoms with van der Waals surface area (Å²) in [5.41, 5.74) is 0. The molecule has 1 unspecified atom stereocenters. The molecule has 3 heteroatoms. The van der Waals surface area contributed by atoms with Crippen molar-refractivity contribution in [2.75, 3.05) is 13.1 Å². The molecule has 1 aliphatic heterocycles. The van der Waals surface area contributed by atoms with Crippen LogP contribution in [0.15, 0.2) is 4.99 Å². The molecule has 0 amide bonds. The van der Waals surface area contributed by atoms with E-state index in [0.717, 1.165) is 24.3 Å². The molecule has 2 nitrogen and oxygen atoms in total. The van der Waals surface area contributed by atoms with E-state index in [2.05, 4.69) is 31.1 Å². The molecule has 0 aliphatic carbocycles. The van der Waals surface area contributed by atoms with E-state index in [1.165, 1.54) is 50.1 Å². The maximum absolute atomic E-state index is 4.59. The summed E-state index contributed by atoms with van der Waals surface area (Å²) in [6, 6.07) is 0. The Balaban J connectivity index is 1.94. The number of nitrogens with one attached hydrogen (secondary N) is 1. The molecule has 1 atom stereocenters. The van der Waals surface area contributed by atoms with Gasteiger partial charge in [0.25, 0.3) is 0 Å². The Morgan fingerprint density at radius 2 is 1.94 bits per heavy atom. The second kappa shape index (κ2) is 9.71. The highest BCUT2D eigenvalue weighted by Gasteiger charge is 2.19. The first kappa shape index (κ1) is 15.9. The van der Waals surface area contributed by atoms with E-state index < -0.39 is 0 Å². The van der Waals surface area contributed by atoms with Crippen LogP contribution in [0.4, 0.5) is 0 Å². The summed E-state index contributed by atoms with van der Waals surface area (Å²) in [6.45, 7) is 8.98. The van der Waals surface area contributed by atoms with Crippen LogP contribution in [0.3, 0.4) is 0 Å². The summed E-state index contributed by atoms with van der Waals surface area (Å²) in [7, 11) is 0. The van der Waals surface area contributed by atoms with Crippen LogP contribution in [0.1, 0.15) is 65.7 Å². The number of rotatable bonds is 9. The van der Waals surface area contributed by atoms with Gasteiger partial charge in [0.15, 0.2) is 5.17 Å². The molecule has 106 valence electrons. The third-order valence-corrected chi connectivity index (χ3v) is 4.43. The molecule has 0 fully saturated rings. The molecule has 1 N–H and O–H groups in total. The molecule has 0 aromatic heterocycles. The van der Waals surface area contributed by atoms with Crippen molar-refractivity contribution in [2.24, 2.45) is 10.9 Å². The van der Waals surface area contributed by atoms with Gasteiger partial charge >= 0.3 is 0 Å². The second-order valence-corrected chi connectivity index (χ2v) is 7.00. The fourth-order valence-corrected chi connectivity index (χ4v) is 3.54. The number of nitrogens with zero attached hydrogens (tertiary/aromatic N) is 1.